The normalized spacial score (nSPS) is 11.2. The predicted octanol–water partition coefficient (Wildman–Crippen LogP) is 3.06. The number of carbonyl (C=O) groups is 1. The Labute approximate surface area is 175 Å². The maximum Gasteiger partial charge on any atom is 0.262 e. The van der Waals surface area contributed by atoms with Crippen LogP contribution in [0, 0.1) is 0 Å². The fourth-order valence-corrected chi connectivity index (χ4v) is 3.98. The van der Waals surface area contributed by atoms with Crippen molar-refractivity contribution < 1.29 is 27.4 Å². The molecule has 1 amide bonds. The Bertz CT molecular complexity index is 979. The van der Waals surface area contributed by atoms with E-state index >= 15 is 0 Å². The molecule has 0 fully saturated rings. The number of anilines is 1. The van der Waals surface area contributed by atoms with Crippen LogP contribution < -0.4 is 24.2 Å². The first kappa shape index (κ1) is 22.8. The summed E-state index contributed by atoms with van der Waals surface area (Å²) in [6.07, 6.45) is 0. The van der Waals surface area contributed by atoms with Crippen molar-refractivity contribution in [2.75, 3.05) is 26.1 Å². The number of hydrogen-bond acceptors (Lipinski definition) is 6. The van der Waals surface area contributed by atoms with Gasteiger partial charge in [-0.3, -0.25) is 4.79 Å². The molecule has 10 heteroatoms. The van der Waals surface area contributed by atoms with Crippen molar-refractivity contribution in [2.45, 2.75) is 24.8 Å². The van der Waals surface area contributed by atoms with Crippen LogP contribution >= 0.6 is 11.6 Å². The van der Waals surface area contributed by atoms with E-state index in [2.05, 4.69) is 10.0 Å². The summed E-state index contributed by atoms with van der Waals surface area (Å²) in [6, 6.07) is 8.72. The third-order valence-electron chi connectivity index (χ3n) is 3.63. The van der Waals surface area contributed by atoms with Crippen LogP contribution in [0.15, 0.2) is 41.3 Å². The van der Waals surface area contributed by atoms with Gasteiger partial charge in [0.1, 0.15) is 5.75 Å². The molecule has 0 bridgehead atoms. The summed E-state index contributed by atoms with van der Waals surface area (Å²) in [7, 11) is -0.662. The van der Waals surface area contributed by atoms with Gasteiger partial charge < -0.3 is 19.5 Å². The van der Waals surface area contributed by atoms with E-state index in [1.807, 2.05) is 0 Å². The predicted molar refractivity (Wildman–Crippen MR) is 111 cm³/mol. The summed E-state index contributed by atoms with van der Waals surface area (Å²) in [5.41, 5.74) is 0.503. The van der Waals surface area contributed by atoms with E-state index in [9.17, 15) is 13.2 Å². The molecule has 2 aromatic rings. The van der Waals surface area contributed by atoms with Crippen LogP contribution in [0.1, 0.15) is 13.8 Å². The largest absolute Gasteiger partial charge is 0.493 e. The average molecular weight is 443 g/mol. The van der Waals surface area contributed by atoms with E-state index in [-0.39, 0.29) is 28.3 Å². The molecule has 0 aliphatic heterocycles. The van der Waals surface area contributed by atoms with Crippen molar-refractivity contribution in [1.29, 1.82) is 0 Å². The highest BCUT2D eigenvalue weighted by atomic mass is 35.5. The zero-order valence-corrected chi connectivity index (χ0v) is 18.1. The molecule has 2 rings (SSSR count). The maximum absolute atomic E-state index is 12.2. The van der Waals surface area contributed by atoms with E-state index < -0.39 is 15.9 Å². The van der Waals surface area contributed by atoms with Gasteiger partial charge in [-0.1, -0.05) is 11.6 Å². The minimum absolute atomic E-state index is 0.0123. The van der Waals surface area contributed by atoms with Crippen LogP contribution in [0.25, 0.3) is 0 Å². The molecular weight excluding hydrogens is 420 g/mol. The summed E-state index contributed by atoms with van der Waals surface area (Å²) >= 11 is 6.11. The van der Waals surface area contributed by atoms with E-state index in [1.165, 1.54) is 32.4 Å². The Morgan fingerprint density at radius 2 is 1.69 bits per heavy atom. The van der Waals surface area contributed by atoms with Crippen molar-refractivity contribution >= 4 is 33.2 Å². The molecule has 0 aliphatic rings. The zero-order valence-electron chi connectivity index (χ0n) is 16.5. The molecule has 2 aromatic carbocycles. The molecule has 0 spiro atoms. The molecule has 0 unspecified atom stereocenters. The lowest BCUT2D eigenvalue weighted by Crippen LogP contribution is -2.30. The van der Waals surface area contributed by atoms with Gasteiger partial charge >= 0.3 is 0 Å². The van der Waals surface area contributed by atoms with Crippen LogP contribution in [-0.4, -0.2) is 41.2 Å². The van der Waals surface area contributed by atoms with Crippen molar-refractivity contribution in [2.24, 2.45) is 0 Å². The van der Waals surface area contributed by atoms with Gasteiger partial charge in [-0.25, -0.2) is 13.1 Å². The summed E-state index contributed by atoms with van der Waals surface area (Å²) in [5.74, 6) is 0.778. The average Bonchev–Trinajstić information content (AvgIpc) is 2.65. The van der Waals surface area contributed by atoms with E-state index in [1.54, 1.807) is 32.0 Å². The van der Waals surface area contributed by atoms with E-state index in [0.29, 0.717) is 17.2 Å². The minimum atomic E-state index is -3.67. The van der Waals surface area contributed by atoms with Gasteiger partial charge in [-0.2, -0.15) is 0 Å². The Balaban J connectivity index is 2.02. The molecular formula is C19H23ClN2O6S. The van der Waals surface area contributed by atoms with Gasteiger partial charge in [0.15, 0.2) is 18.1 Å². The van der Waals surface area contributed by atoms with Crippen molar-refractivity contribution in [1.82, 2.24) is 4.72 Å². The van der Waals surface area contributed by atoms with Crippen LogP contribution in [0.3, 0.4) is 0 Å². The monoisotopic (exact) mass is 442 g/mol. The van der Waals surface area contributed by atoms with Crippen molar-refractivity contribution in [3.8, 4) is 17.2 Å². The number of amides is 1. The van der Waals surface area contributed by atoms with Crippen molar-refractivity contribution in [3.63, 3.8) is 0 Å². The van der Waals surface area contributed by atoms with E-state index in [0.717, 1.165) is 0 Å². The molecule has 158 valence electrons. The number of ether oxygens (including phenoxy) is 3. The van der Waals surface area contributed by atoms with Crippen LogP contribution in [0.5, 0.6) is 17.2 Å². The second-order valence-electron chi connectivity index (χ2n) is 6.27. The van der Waals surface area contributed by atoms with Gasteiger partial charge in [0, 0.05) is 17.8 Å². The second-order valence-corrected chi connectivity index (χ2v) is 8.40. The number of methoxy groups -OCH3 is 2. The molecule has 0 heterocycles. The first-order valence-corrected chi connectivity index (χ1v) is 10.5. The fraction of sp³-hybridized carbons (Fsp3) is 0.316. The summed E-state index contributed by atoms with van der Waals surface area (Å²) in [5, 5.41) is 2.75. The van der Waals surface area contributed by atoms with Crippen LogP contribution in [0.2, 0.25) is 5.02 Å². The molecule has 0 aliphatic carbocycles. The van der Waals surface area contributed by atoms with Crippen LogP contribution in [0.4, 0.5) is 5.69 Å². The summed E-state index contributed by atoms with van der Waals surface area (Å²) in [6.45, 7) is 3.12. The molecule has 0 saturated heterocycles. The molecule has 29 heavy (non-hydrogen) atoms. The van der Waals surface area contributed by atoms with E-state index in [4.69, 9.17) is 25.8 Å². The number of halogens is 1. The molecule has 8 nitrogen and oxygen atoms in total. The maximum atomic E-state index is 12.2. The molecule has 0 aromatic heterocycles. The first-order chi connectivity index (χ1) is 13.7. The summed E-state index contributed by atoms with van der Waals surface area (Å²) in [4.78, 5) is 12.2. The SMILES string of the molecule is COc1ccc(NC(=O)COc2ccc(S(=O)(=O)NC(C)C)cc2Cl)cc1OC. The quantitative estimate of drug-likeness (QED) is 0.618. The van der Waals surface area contributed by atoms with Gasteiger partial charge in [-0.15, -0.1) is 0 Å². The number of carbonyl (C=O) groups excluding carboxylic acids is 1. The molecule has 0 radical (unpaired) electrons. The van der Waals surface area contributed by atoms with Gasteiger partial charge in [0.2, 0.25) is 10.0 Å². The number of hydrogen-bond donors (Lipinski definition) is 2. The van der Waals surface area contributed by atoms with Crippen LogP contribution in [-0.2, 0) is 14.8 Å². The standard InChI is InChI=1S/C19H23ClN2O6S/c1-12(2)22-29(24,25)14-6-8-16(15(20)10-14)28-11-19(23)21-13-5-7-17(26-3)18(9-13)27-4/h5-10,12,22H,11H2,1-4H3,(H,21,23). The number of benzene rings is 2. The third-order valence-corrected chi connectivity index (χ3v) is 5.58. The molecule has 0 atom stereocenters. The minimum Gasteiger partial charge on any atom is -0.493 e. The second kappa shape index (κ2) is 9.82. The smallest absolute Gasteiger partial charge is 0.262 e. The molecule has 2 N–H and O–H groups in total. The fourth-order valence-electron chi connectivity index (χ4n) is 2.40. The van der Waals surface area contributed by atoms with Gasteiger partial charge in [-0.05, 0) is 44.2 Å². The highest BCUT2D eigenvalue weighted by molar-refractivity contribution is 7.89. The number of nitrogens with one attached hydrogen (secondary N) is 2. The first-order valence-electron chi connectivity index (χ1n) is 8.63. The lowest BCUT2D eigenvalue weighted by molar-refractivity contribution is -0.118. The Kier molecular flexibility index (Phi) is 7.72. The summed E-state index contributed by atoms with van der Waals surface area (Å²) < 4.78 is 42.6. The van der Waals surface area contributed by atoms with Gasteiger partial charge in [0.05, 0.1) is 24.1 Å². The zero-order chi connectivity index (χ0) is 21.6. The highest BCUT2D eigenvalue weighted by Crippen LogP contribution is 2.30. The highest BCUT2D eigenvalue weighted by Gasteiger charge is 2.17. The molecule has 0 saturated carbocycles. The topological polar surface area (TPSA) is 103 Å². The number of rotatable bonds is 9. The lowest BCUT2D eigenvalue weighted by atomic mass is 10.2. The number of sulfonamides is 1. The third kappa shape index (κ3) is 6.25. The Morgan fingerprint density at radius 1 is 1.03 bits per heavy atom. The Morgan fingerprint density at radius 3 is 2.28 bits per heavy atom. The van der Waals surface area contributed by atoms with Crippen molar-refractivity contribution in [3.05, 3.63) is 41.4 Å². The Hall–Kier alpha value is -2.49. The van der Waals surface area contributed by atoms with Gasteiger partial charge in [0.25, 0.3) is 5.91 Å². The lowest BCUT2D eigenvalue weighted by Gasteiger charge is -2.13.